The van der Waals surface area contributed by atoms with Crippen molar-refractivity contribution in [1.29, 1.82) is 0 Å². The molecule has 3 heterocycles. The van der Waals surface area contributed by atoms with Crippen molar-refractivity contribution in [2.45, 2.75) is 85.9 Å². The molecule has 1 saturated heterocycles. The lowest BCUT2D eigenvalue weighted by molar-refractivity contribution is -0.141. The topological polar surface area (TPSA) is 44.8 Å². The molecule has 36 heavy (non-hydrogen) atoms. The van der Waals surface area contributed by atoms with E-state index in [1.54, 1.807) is 6.92 Å². The number of nitrogens with zero attached hydrogens (tertiary/aromatic N) is 2. The second kappa shape index (κ2) is 13.1. The first-order valence-corrected chi connectivity index (χ1v) is 13.6. The summed E-state index contributed by atoms with van der Waals surface area (Å²) in [6, 6.07) is 7.02. The first-order valence-electron chi connectivity index (χ1n) is 13.6. The van der Waals surface area contributed by atoms with E-state index in [1.807, 2.05) is 25.8 Å². The number of aryl methyl sites for hydroxylation is 1. The molecule has 0 saturated carbocycles. The number of allylic oxidation sites excluding steroid dienone is 5. The van der Waals surface area contributed by atoms with E-state index in [1.165, 1.54) is 39.2 Å². The summed E-state index contributed by atoms with van der Waals surface area (Å²) in [5, 5.41) is 3.28. The van der Waals surface area contributed by atoms with Gasteiger partial charge in [0.15, 0.2) is 0 Å². The molecule has 0 spiro atoms. The monoisotopic (exact) mass is 491 g/mol. The van der Waals surface area contributed by atoms with E-state index < -0.39 is 0 Å². The Kier molecular flexibility index (Phi) is 10.1. The van der Waals surface area contributed by atoms with Crippen LogP contribution in [0, 0.1) is 0 Å². The molecular formula is C31H45N3O2. The predicted octanol–water partition coefficient (Wildman–Crippen LogP) is 6.18. The number of carbonyl (C=O) groups excluding carboxylic acids is 1. The smallest absolute Gasteiger partial charge is 0.219 e. The summed E-state index contributed by atoms with van der Waals surface area (Å²) >= 11 is 0. The highest BCUT2D eigenvalue weighted by atomic mass is 16.5. The van der Waals surface area contributed by atoms with Crippen molar-refractivity contribution < 1.29 is 9.53 Å². The van der Waals surface area contributed by atoms with Gasteiger partial charge in [0.05, 0.1) is 18.8 Å². The Morgan fingerprint density at radius 2 is 2.00 bits per heavy atom. The van der Waals surface area contributed by atoms with Crippen LogP contribution in [0.3, 0.4) is 0 Å². The summed E-state index contributed by atoms with van der Waals surface area (Å²) in [5.41, 5.74) is 9.09. The third-order valence-electron chi connectivity index (χ3n) is 7.15. The fraction of sp³-hybridized carbons (Fsp3) is 0.516. The van der Waals surface area contributed by atoms with Crippen LogP contribution in [0.4, 0.5) is 0 Å². The fourth-order valence-corrected chi connectivity index (χ4v) is 5.29. The minimum Gasteiger partial charge on any atom is -0.374 e. The lowest BCUT2D eigenvalue weighted by atomic mass is 9.90. The van der Waals surface area contributed by atoms with Crippen molar-refractivity contribution in [3.63, 3.8) is 0 Å². The maximum atomic E-state index is 12.2. The quantitative estimate of drug-likeness (QED) is 0.546. The van der Waals surface area contributed by atoms with Gasteiger partial charge in [-0.25, -0.2) is 0 Å². The number of hydrogen-bond acceptors (Lipinski definition) is 4. The number of benzene rings is 1. The van der Waals surface area contributed by atoms with E-state index in [0.29, 0.717) is 13.2 Å². The molecule has 4 rings (SSSR count). The van der Waals surface area contributed by atoms with Crippen molar-refractivity contribution >= 4 is 11.5 Å². The second-order valence-corrected chi connectivity index (χ2v) is 9.87. The molecule has 0 bridgehead atoms. The van der Waals surface area contributed by atoms with E-state index >= 15 is 0 Å². The van der Waals surface area contributed by atoms with E-state index in [0.717, 1.165) is 32.2 Å². The molecule has 5 heteroatoms. The fourth-order valence-electron chi connectivity index (χ4n) is 5.29. The number of carbonyl (C=O) groups is 1. The van der Waals surface area contributed by atoms with Gasteiger partial charge in [0.1, 0.15) is 0 Å². The average Bonchev–Trinajstić information content (AvgIpc) is 2.87. The number of morpholine rings is 1. The highest BCUT2D eigenvalue weighted by Gasteiger charge is 2.30. The van der Waals surface area contributed by atoms with Crippen molar-refractivity contribution in [2.75, 3.05) is 20.2 Å². The van der Waals surface area contributed by atoms with E-state index in [-0.39, 0.29) is 18.1 Å². The second-order valence-electron chi connectivity index (χ2n) is 9.87. The zero-order chi connectivity index (χ0) is 26.2. The summed E-state index contributed by atoms with van der Waals surface area (Å²) in [5.74, 6) is 0.122. The number of ether oxygens (including phenoxy) is 1. The third kappa shape index (κ3) is 6.57. The van der Waals surface area contributed by atoms with Crippen LogP contribution < -0.4 is 5.32 Å². The van der Waals surface area contributed by atoms with Crippen LogP contribution >= 0.6 is 0 Å². The molecule has 0 aromatic heterocycles. The van der Waals surface area contributed by atoms with Gasteiger partial charge in [-0.15, -0.1) is 0 Å². The van der Waals surface area contributed by atoms with Gasteiger partial charge in [-0.1, -0.05) is 38.1 Å². The summed E-state index contributed by atoms with van der Waals surface area (Å²) in [7, 11) is 2.00. The summed E-state index contributed by atoms with van der Waals surface area (Å²) < 4.78 is 6.27. The van der Waals surface area contributed by atoms with Gasteiger partial charge in [0.2, 0.25) is 5.91 Å². The maximum Gasteiger partial charge on any atom is 0.219 e. The van der Waals surface area contributed by atoms with Gasteiger partial charge in [-0.2, -0.15) is 0 Å². The molecular weight excluding hydrogens is 446 g/mol. The van der Waals surface area contributed by atoms with Gasteiger partial charge in [0, 0.05) is 44.0 Å². The Balaban J connectivity index is 0.00000176. The Morgan fingerprint density at radius 3 is 2.72 bits per heavy atom. The van der Waals surface area contributed by atoms with Crippen LogP contribution in [-0.2, 0) is 22.5 Å². The largest absolute Gasteiger partial charge is 0.374 e. The van der Waals surface area contributed by atoms with Crippen LogP contribution in [0.5, 0.6) is 0 Å². The number of nitrogens with one attached hydrogen (secondary N) is 1. The van der Waals surface area contributed by atoms with Gasteiger partial charge < -0.3 is 19.9 Å². The Hall–Kier alpha value is -2.63. The molecule has 196 valence electrons. The number of rotatable bonds is 4. The molecule has 1 amide bonds. The van der Waals surface area contributed by atoms with Crippen LogP contribution in [0.1, 0.15) is 77.5 Å². The van der Waals surface area contributed by atoms with E-state index in [4.69, 9.17) is 4.74 Å². The minimum absolute atomic E-state index is 0.0262. The first-order chi connectivity index (χ1) is 17.4. The van der Waals surface area contributed by atoms with Crippen LogP contribution in [-0.4, -0.2) is 48.1 Å². The zero-order valence-corrected chi connectivity index (χ0v) is 23.4. The van der Waals surface area contributed by atoms with Crippen molar-refractivity contribution in [1.82, 2.24) is 15.1 Å². The molecule has 5 nitrogen and oxygen atoms in total. The number of fused-ring (bicyclic) bond motifs is 2. The third-order valence-corrected chi connectivity index (χ3v) is 7.15. The number of hydrogen-bond donors (Lipinski definition) is 1. The van der Waals surface area contributed by atoms with Gasteiger partial charge >= 0.3 is 0 Å². The van der Waals surface area contributed by atoms with Crippen molar-refractivity contribution in [3.8, 4) is 0 Å². The standard InChI is InChI=1S/C29H39N3O2.C2H6/c1-20-12-13-31-26(14-20)9-7-6-8-25-15-24(17-30-5)10-11-28(25)22(3)29(31)16-27-18-32(23(4)33)21(2)19-34-27;1-2/h9-15,21,27,30H,6-8,16-19H2,1-5H3;1-2H3/b26-9+,29-22+;. The maximum absolute atomic E-state index is 12.2. The minimum atomic E-state index is -0.0262. The van der Waals surface area contributed by atoms with E-state index in [9.17, 15) is 4.79 Å². The lowest BCUT2D eigenvalue weighted by Crippen LogP contribution is -2.50. The summed E-state index contributed by atoms with van der Waals surface area (Å²) in [6.45, 7) is 14.2. The van der Waals surface area contributed by atoms with Crippen molar-refractivity contribution in [2.24, 2.45) is 0 Å². The Labute approximate surface area is 218 Å². The molecule has 3 aliphatic rings. The molecule has 0 radical (unpaired) electrons. The highest BCUT2D eigenvalue weighted by molar-refractivity contribution is 5.74. The van der Waals surface area contributed by atoms with Crippen LogP contribution in [0.2, 0.25) is 0 Å². The summed E-state index contributed by atoms with van der Waals surface area (Å²) in [4.78, 5) is 16.5. The molecule has 1 aromatic carbocycles. The molecule has 2 unspecified atom stereocenters. The molecule has 1 aromatic rings. The first kappa shape index (κ1) is 27.9. The van der Waals surface area contributed by atoms with Gasteiger partial charge in [-0.05, 0) is 87.1 Å². The SMILES string of the molecule is CC.CNCc1ccc2c(c1)CCC/C=C1\C=C(C)C=CN1/C(CC1CN(C(C)=O)C(C)CO1)=C/2C. The number of amides is 1. The lowest BCUT2D eigenvalue weighted by Gasteiger charge is -2.39. The highest BCUT2D eigenvalue weighted by Crippen LogP contribution is 2.35. The molecule has 0 aliphatic carbocycles. The Bertz CT molecular complexity index is 1050. The van der Waals surface area contributed by atoms with Crippen LogP contribution in [0.25, 0.3) is 5.57 Å². The van der Waals surface area contributed by atoms with Gasteiger partial charge in [-0.3, -0.25) is 4.79 Å². The zero-order valence-electron chi connectivity index (χ0n) is 23.4. The van der Waals surface area contributed by atoms with Crippen molar-refractivity contribution in [3.05, 3.63) is 76.3 Å². The Morgan fingerprint density at radius 1 is 1.22 bits per heavy atom. The van der Waals surface area contributed by atoms with E-state index in [2.05, 4.69) is 73.6 Å². The normalized spacial score (nSPS) is 25.5. The van der Waals surface area contributed by atoms with Gasteiger partial charge in [0.25, 0.3) is 0 Å². The average molecular weight is 492 g/mol. The molecule has 1 N–H and O–H groups in total. The molecule has 2 atom stereocenters. The molecule has 1 fully saturated rings. The summed E-state index contributed by atoms with van der Waals surface area (Å²) in [6.07, 6.45) is 13.0. The molecule has 3 aliphatic heterocycles. The van der Waals surface area contributed by atoms with Crippen LogP contribution in [0.15, 0.2) is 59.6 Å². The predicted molar refractivity (Wildman–Crippen MR) is 150 cm³/mol.